The molecular formula is C12H14ClN5O2. The minimum Gasteiger partial charge on any atom is -0.465 e. The summed E-state index contributed by atoms with van der Waals surface area (Å²) in [5, 5.41) is 12.3. The summed E-state index contributed by atoms with van der Waals surface area (Å²) in [7, 11) is 1.94. The molecule has 1 fully saturated rings. The molecule has 8 heteroatoms. The largest absolute Gasteiger partial charge is 0.465 e. The van der Waals surface area contributed by atoms with E-state index in [9.17, 15) is 4.79 Å². The minimum absolute atomic E-state index is 0.0129. The molecule has 1 amide bonds. The molecule has 1 saturated carbocycles. The van der Waals surface area contributed by atoms with Crippen molar-refractivity contribution in [1.29, 1.82) is 0 Å². The number of halogens is 1. The number of nitrogens with one attached hydrogen (secondary N) is 2. The smallest absolute Gasteiger partial charge is 0.404 e. The van der Waals surface area contributed by atoms with Crippen molar-refractivity contribution < 1.29 is 9.90 Å². The molecule has 2 heterocycles. The highest BCUT2D eigenvalue weighted by Crippen LogP contribution is 2.32. The fourth-order valence-electron chi connectivity index (χ4n) is 2.54. The number of nitrogens with zero attached hydrogens (tertiary/aromatic N) is 3. The fraction of sp³-hybridized carbons (Fsp3) is 0.417. The number of carbonyl (C=O) groups is 1. The lowest BCUT2D eigenvalue weighted by molar-refractivity contribution is 0.177. The number of anilines is 1. The molecule has 2 aromatic heterocycles. The zero-order valence-corrected chi connectivity index (χ0v) is 11.6. The normalized spacial score (nSPS) is 21.5. The zero-order valence-electron chi connectivity index (χ0n) is 10.8. The van der Waals surface area contributed by atoms with Gasteiger partial charge in [0, 0.05) is 25.3 Å². The summed E-state index contributed by atoms with van der Waals surface area (Å²) in [4.78, 5) is 24.0. The molecule has 3 N–H and O–H groups in total. The number of hydrogen-bond donors (Lipinski definition) is 3. The Hall–Kier alpha value is -2.02. The quantitative estimate of drug-likeness (QED) is 0.751. The highest BCUT2D eigenvalue weighted by molar-refractivity contribution is 6.28. The molecule has 1 aliphatic rings. The first-order valence-electron chi connectivity index (χ1n) is 6.27. The van der Waals surface area contributed by atoms with Gasteiger partial charge in [0.2, 0.25) is 5.28 Å². The van der Waals surface area contributed by atoms with Gasteiger partial charge < -0.3 is 20.3 Å². The second-order valence-corrected chi connectivity index (χ2v) is 5.28. The molecule has 0 aliphatic heterocycles. The Kier molecular flexibility index (Phi) is 3.13. The standard InChI is InChI=1S/C12H14ClN5O2/c1-18(7-4-6(5-7)15-12(19)20)10-8-2-3-14-9(8)16-11(13)17-10/h2-3,6-7,15H,4-5H2,1H3,(H,19,20)(H,14,16,17)/t6-,7+. The van der Waals surface area contributed by atoms with Crippen molar-refractivity contribution in [3.63, 3.8) is 0 Å². The first-order valence-corrected chi connectivity index (χ1v) is 6.65. The third-order valence-electron chi connectivity index (χ3n) is 3.69. The van der Waals surface area contributed by atoms with Gasteiger partial charge in [0.15, 0.2) is 0 Å². The van der Waals surface area contributed by atoms with Gasteiger partial charge >= 0.3 is 6.09 Å². The van der Waals surface area contributed by atoms with E-state index in [1.807, 2.05) is 18.0 Å². The van der Waals surface area contributed by atoms with E-state index in [-0.39, 0.29) is 17.4 Å². The van der Waals surface area contributed by atoms with Gasteiger partial charge in [-0.15, -0.1) is 0 Å². The van der Waals surface area contributed by atoms with Crippen molar-refractivity contribution in [2.75, 3.05) is 11.9 Å². The topological polar surface area (TPSA) is 94.1 Å². The summed E-state index contributed by atoms with van der Waals surface area (Å²) in [5.41, 5.74) is 0.700. The summed E-state index contributed by atoms with van der Waals surface area (Å²) < 4.78 is 0. The van der Waals surface area contributed by atoms with Crippen molar-refractivity contribution in [3.8, 4) is 0 Å². The van der Waals surface area contributed by atoms with Crippen LogP contribution in [0.5, 0.6) is 0 Å². The summed E-state index contributed by atoms with van der Waals surface area (Å²) in [6.45, 7) is 0. The Balaban J connectivity index is 1.78. The first-order chi connectivity index (χ1) is 9.54. The van der Waals surface area contributed by atoms with Crippen LogP contribution in [-0.2, 0) is 0 Å². The second kappa shape index (κ2) is 4.82. The first kappa shape index (κ1) is 13.0. The van der Waals surface area contributed by atoms with E-state index in [1.54, 1.807) is 6.20 Å². The van der Waals surface area contributed by atoms with Gasteiger partial charge in [0.05, 0.1) is 5.39 Å². The van der Waals surface area contributed by atoms with Crippen LogP contribution in [0.15, 0.2) is 12.3 Å². The summed E-state index contributed by atoms with van der Waals surface area (Å²) in [5.74, 6) is 0.764. The second-order valence-electron chi connectivity index (χ2n) is 4.94. The molecule has 0 atom stereocenters. The third kappa shape index (κ3) is 2.24. The van der Waals surface area contributed by atoms with E-state index in [0.717, 1.165) is 24.0 Å². The predicted octanol–water partition coefficient (Wildman–Crippen LogP) is 1.85. The molecule has 1 aliphatic carbocycles. The summed E-state index contributed by atoms with van der Waals surface area (Å²) >= 11 is 5.93. The van der Waals surface area contributed by atoms with Crippen LogP contribution < -0.4 is 10.2 Å². The Morgan fingerprint density at radius 3 is 3.00 bits per heavy atom. The molecule has 7 nitrogen and oxygen atoms in total. The lowest BCUT2D eigenvalue weighted by Gasteiger charge is -2.41. The van der Waals surface area contributed by atoms with E-state index in [2.05, 4.69) is 20.3 Å². The van der Waals surface area contributed by atoms with Gasteiger partial charge in [-0.3, -0.25) is 0 Å². The van der Waals surface area contributed by atoms with Crippen LogP contribution in [0.4, 0.5) is 10.6 Å². The van der Waals surface area contributed by atoms with Crippen molar-refractivity contribution in [2.45, 2.75) is 24.9 Å². The molecule has 0 aromatic carbocycles. The predicted molar refractivity (Wildman–Crippen MR) is 75.3 cm³/mol. The van der Waals surface area contributed by atoms with Gasteiger partial charge in [-0.2, -0.15) is 9.97 Å². The number of hydrogen-bond acceptors (Lipinski definition) is 4. The maximum absolute atomic E-state index is 10.6. The van der Waals surface area contributed by atoms with Crippen molar-refractivity contribution in [1.82, 2.24) is 20.3 Å². The number of carboxylic acid groups (broad SMARTS) is 1. The van der Waals surface area contributed by atoms with E-state index >= 15 is 0 Å². The average Bonchev–Trinajstić information content (AvgIpc) is 2.79. The van der Waals surface area contributed by atoms with Crippen LogP contribution in [0.2, 0.25) is 5.28 Å². The number of fused-ring (bicyclic) bond motifs is 1. The molecule has 0 radical (unpaired) electrons. The molecule has 0 spiro atoms. The molecule has 0 unspecified atom stereocenters. The van der Waals surface area contributed by atoms with Gasteiger partial charge in [0.25, 0.3) is 0 Å². The van der Waals surface area contributed by atoms with Gasteiger partial charge in [-0.05, 0) is 30.5 Å². The number of H-pyrrole nitrogens is 1. The molecular weight excluding hydrogens is 282 g/mol. The summed E-state index contributed by atoms with van der Waals surface area (Å²) in [6, 6.07) is 2.17. The van der Waals surface area contributed by atoms with Gasteiger partial charge in [-0.1, -0.05) is 0 Å². The van der Waals surface area contributed by atoms with E-state index in [1.165, 1.54) is 0 Å². The Morgan fingerprint density at radius 2 is 2.30 bits per heavy atom. The maximum atomic E-state index is 10.6. The van der Waals surface area contributed by atoms with Crippen LogP contribution >= 0.6 is 11.6 Å². The van der Waals surface area contributed by atoms with Gasteiger partial charge in [-0.25, -0.2) is 4.79 Å². The molecule has 3 rings (SSSR count). The maximum Gasteiger partial charge on any atom is 0.404 e. The fourth-order valence-corrected chi connectivity index (χ4v) is 2.70. The van der Waals surface area contributed by atoms with Crippen LogP contribution in [-0.4, -0.2) is 45.3 Å². The molecule has 0 saturated heterocycles. The number of amides is 1. The highest BCUT2D eigenvalue weighted by Gasteiger charge is 2.34. The molecule has 2 aromatic rings. The van der Waals surface area contributed by atoms with Crippen molar-refractivity contribution >= 4 is 34.5 Å². The Morgan fingerprint density at radius 1 is 1.55 bits per heavy atom. The van der Waals surface area contributed by atoms with Crippen LogP contribution in [0.1, 0.15) is 12.8 Å². The van der Waals surface area contributed by atoms with Crippen molar-refractivity contribution in [2.24, 2.45) is 0 Å². The van der Waals surface area contributed by atoms with Crippen LogP contribution in [0.25, 0.3) is 11.0 Å². The van der Waals surface area contributed by atoms with Crippen molar-refractivity contribution in [3.05, 3.63) is 17.5 Å². The summed E-state index contributed by atoms with van der Waals surface area (Å²) in [6.07, 6.45) is 2.34. The van der Waals surface area contributed by atoms with E-state index in [0.29, 0.717) is 5.65 Å². The highest BCUT2D eigenvalue weighted by atomic mass is 35.5. The number of aromatic nitrogens is 3. The number of aromatic amines is 1. The lowest BCUT2D eigenvalue weighted by Crippen LogP contribution is -2.53. The van der Waals surface area contributed by atoms with Gasteiger partial charge in [0.1, 0.15) is 11.5 Å². The monoisotopic (exact) mass is 295 g/mol. The number of rotatable bonds is 3. The SMILES string of the molecule is CN(c1nc(Cl)nc2[nH]ccc12)[C@H]1C[C@@H](NC(=O)O)C1. The van der Waals surface area contributed by atoms with Crippen LogP contribution in [0.3, 0.4) is 0 Å². The lowest BCUT2D eigenvalue weighted by atomic mass is 9.85. The molecule has 20 heavy (non-hydrogen) atoms. The van der Waals surface area contributed by atoms with E-state index < -0.39 is 6.09 Å². The molecule has 0 bridgehead atoms. The zero-order chi connectivity index (χ0) is 14.3. The Bertz CT molecular complexity index is 652. The average molecular weight is 296 g/mol. The minimum atomic E-state index is -0.978. The van der Waals surface area contributed by atoms with E-state index in [4.69, 9.17) is 16.7 Å². The molecule has 106 valence electrons. The Labute approximate surface area is 120 Å². The van der Waals surface area contributed by atoms with Crippen LogP contribution in [0, 0.1) is 0 Å². The third-order valence-corrected chi connectivity index (χ3v) is 3.86.